The van der Waals surface area contributed by atoms with Gasteiger partial charge < -0.3 is 10.6 Å². The highest BCUT2D eigenvalue weighted by Gasteiger charge is 2.09. The van der Waals surface area contributed by atoms with Crippen molar-refractivity contribution < 1.29 is 4.79 Å². The Morgan fingerprint density at radius 3 is 2.76 bits per heavy atom. The molecule has 2 rings (SSSR count). The first-order valence-corrected chi connectivity index (χ1v) is 6.77. The van der Waals surface area contributed by atoms with Gasteiger partial charge in [0, 0.05) is 12.5 Å². The van der Waals surface area contributed by atoms with Crippen LogP contribution in [0.15, 0.2) is 36.5 Å². The van der Waals surface area contributed by atoms with E-state index in [4.69, 9.17) is 0 Å². The molecule has 6 heteroatoms. The van der Waals surface area contributed by atoms with E-state index in [1.807, 2.05) is 44.3 Å². The summed E-state index contributed by atoms with van der Waals surface area (Å²) in [6.45, 7) is 2.86. The maximum absolute atomic E-state index is 11.9. The number of carbonyl (C=O) groups excluding carboxylic acids is 1. The average molecular weight is 309 g/mol. The summed E-state index contributed by atoms with van der Waals surface area (Å²) in [5, 5.41) is 10.2. The first-order valence-electron chi connectivity index (χ1n) is 6.77. The van der Waals surface area contributed by atoms with Crippen molar-refractivity contribution in [3.63, 3.8) is 0 Å². The van der Waals surface area contributed by atoms with E-state index < -0.39 is 0 Å². The van der Waals surface area contributed by atoms with Gasteiger partial charge in [-0.3, -0.25) is 4.79 Å². The average Bonchev–Trinajstić information content (AvgIpc) is 2.87. The summed E-state index contributed by atoms with van der Waals surface area (Å²) in [6, 6.07) is 9.76. The van der Waals surface area contributed by atoms with E-state index in [1.54, 1.807) is 10.9 Å². The second-order valence-corrected chi connectivity index (χ2v) is 4.67. The zero-order valence-electron chi connectivity index (χ0n) is 12.3. The minimum absolute atomic E-state index is 0. The fourth-order valence-electron chi connectivity index (χ4n) is 2.02. The van der Waals surface area contributed by atoms with Crippen molar-refractivity contribution in [2.24, 2.45) is 0 Å². The van der Waals surface area contributed by atoms with E-state index in [1.165, 1.54) is 0 Å². The van der Waals surface area contributed by atoms with Crippen molar-refractivity contribution in [1.29, 1.82) is 0 Å². The van der Waals surface area contributed by atoms with Crippen LogP contribution in [0.1, 0.15) is 18.4 Å². The largest absolute Gasteiger partial charge is 0.320 e. The van der Waals surface area contributed by atoms with Gasteiger partial charge >= 0.3 is 0 Å². The lowest BCUT2D eigenvalue weighted by Gasteiger charge is -2.11. The Hall–Kier alpha value is -1.85. The van der Waals surface area contributed by atoms with Crippen LogP contribution < -0.4 is 10.6 Å². The van der Waals surface area contributed by atoms with Crippen LogP contribution in [0, 0.1) is 6.92 Å². The van der Waals surface area contributed by atoms with Crippen molar-refractivity contribution in [1.82, 2.24) is 15.1 Å². The van der Waals surface area contributed by atoms with Gasteiger partial charge in [-0.25, -0.2) is 4.68 Å². The first kappa shape index (κ1) is 17.2. The van der Waals surface area contributed by atoms with Crippen LogP contribution in [0.3, 0.4) is 0 Å². The summed E-state index contributed by atoms with van der Waals surface area (Å²) in [7, 11) is 1.88. The van der Waals surface area contributed by atoms with Gasteiger partial charge in [-0.15, -0.1) is 12.4 Å². The van der Waals surface area contributed by atoms with Crippen molar-refractivity contribution in [3.8, 4) is 5.69 Å². The Morgan fingerprint density at radius 2 is 2.05 bits per heavy atom. The van der Waals surface area contributed by atoms with Crippen LogP contribution in [0.2, 0.25) is 0 Å². The molecule has 0 fully saturated rings. The maximum Gasteiger partial charge on any atom is 0.225 e. The lowest BCUT2D eigenvalue weighted by atomic mass is 10.2. The number of anilines is 1. The third kappa shape index (κ3) is 4.58. The molecule has 0 saturated heterocycles. The van der Waals surface area contributed by atoms with Gasteiger partial charge in [-0.05, 0) is 38.6 Å². The SMILES string of the molecule is CNCCCC(=O)Nc1ccnn1-c1ccccc1C.Cl. The maximum atomic E-state index is 11.9. The highest BCUT2D eigenvalue weighted by atomic mass is 35.5. The van der Waals surface area contributed by atoms with Crippen LogP contribution in [0.5, 0.6) is 0 Å². The van der Waals surface area contributed by atoms with Crippen LogP contribution in [-0.4, -0.2) is 29.3 Å². The highest BCUT2D eigenvalue weighted by Crippen LogP contribution is 2.18. The predicted molar refractivity (Wildman–Crippen MR) is 87.3 cm³/mol. The Bertz CT molecular complexity index is 583. The standard InChI is InChI=1S/C15H20N4O.ClH/c1-12-6-3-4-7-13(12)19-14(9-11-17-19)18-15(20)8-5-10-16-2;/h3-4,6-7,9,11,16H,5,8,10H2,1-2H3,(H,18,20);1H. The number of hydrogen-bond acceptors (Lipinski definition) is 3. The van der Waals surface area contributed by atoms with Gasteiger partial charge in [-0.2, -0.15) is 5.10 Å². The third-order valence-electron chi connectivity index (χ3n) is 3.08. The van der Waals surface area contributed by atoms with E-state index >= 15 is 0 Å². The van der Waals surface area contributed by atoms with E-state index in [-0.39, 0.29) is 18.3 Å². The summed E-state index contributed by atoms with van der Waals surface area (Å²) in [4.78, 5) is 11.9. The number of carbonyl (C=O) groups is 1. The molecule has 0 aliphatic carbocycles. The molecule has 0 aliphatic rings. The molecule has 1 heterocycles. The second kappa shape index (κ2) is 8.44. The van der Waals surface area contributed by atoms with Crippen molar-refractivity contribution >= 4 is 24.1 Å². The van der Waals surface area contributed by atoms with E-state index in [2.05, 4.69) is 15.7 Å². The molecule has 0 saturated carbocycles. The van der Waals surface area contributed by atoms with Crippen LogP contribution >= 0.6 is 12.4 Å². The van der Waals surface area contributed by atoms with Crippen LogP contribution in [-0.2, 0) is 4.79 Å². The van der Waals surface area contributed by atoms with E-state index in [9.17, 15) is 4.79 Å². The number of benzene rings is 1. The molecule has 1 aromatic carbocycles. The quantitative estimate of drug-likeness (QED) is 0.806. The summed E-state index contributed by atoms with van der Waals surface area (Å²) >= 11 is 0. The molecular formula is C15H21ClN4O. The van der Waals surface area contributed by atoms with E-state index in [0.717, 1.165) is 24.2 Å². The number of hydrogen-bond donors (Lipinski definition) is 2. The molecule has 0 spiro atoms. The van der Waals surface area contributed by atoms with Crippen LogP contribution in [0.4, 0.5) is 5.82 Å². The fourth-order valence-corrected chi connectivity index (χ4v) is 2.02. The number of para-hydroxylation sites is 1. The predicted octanol–water partition coefficient (Wildman–Crippen LogP) is 2.54. The molecule has 5 nitrogen and oxygen atoms in total. The second-order valence-electron chi connectivity index (χ2n) is 4.67. The monoisotopic (exact) mass is 308 g/mol. The molecule has 1 aromatic heterocycles. The molecule has 0 bridgehead atoms. The zero-order valence-corrected chi connectivity index (χ0v) is 13.1. The van der Waals surface area contributed by atoms with Crippen molar-refractivity contribution in [2.45, 2.75) is 19.8 Å². The Balaban J connectivity index is 0.00000220. The van der Waals surface area contributed by atoms with Crippen molar-refractivity contribution in [3.05, 3.63) is 42.1 Å². The fraction of sp³-hybridized carbons (Fsp3) is 0.333. The zero-order chi connectivity index (χ0) is 14.4. The number of halogens is 1. The number of amides is 1. The molecule has 114 valence electrons. The number of aromatic nitrogens is 2. The lowest BCUT2D eigenvalue weighted by Crippen LogP contribution is -2.17. The van der Waals surface area contributed by atoms with Gasteiger partial charge in [-0.1, -0.05) is 18.2 Å². The topological polar surface area (TPSA) is 59.0 Å². The molecule has 0 unspecified atom stereocenters. The molecule has 21 heavy (non-hydrogen) atoms. The molecule has 0 radical (unpaired) electrons. The Kier molecular flexibility index (Phi) is 6.91. The number of rotatable bonds is 6. The molecular weight excluding hydrogens is 288 g/mol. The smallest absolute Gasteiger partial charge is 0.225 e. The Morgan fingerprint density at radius 1 is 1.29 bits per heavy atom. The van der Waals surface area contributed by atoms with Gasteiger partial charge in [0.25, 0.3) is 0 Å². The number of nitrogens with zero attached hydrogens (tertiary/aromatic N) is 2. The van der Waals surface area contributed by atoms with Gasteiger partial charge in [0.15, 0.2) is 0 Å². The minimum atomic E-state index is 0. The molecule has 0 aliphatic heterocycles. The number of aryl methyl sites for hydroxylation is 1. The minimum Gasteiger partial charge on any atom is -0.320 e. The summed E-state index contributed by atoms with van der Waals surface area (Å²) < 4.78 is 1.76. The van der Waals surface area contributed by atoms with Gasteiger partial charge in [0.05, 0.1) is 11.9 Å². The molecule has 1 amide bonds. The summed E-state index contributed by atoms with van der Waals surface area (Å²) in [6.07, 6.45) is 3.01. The van der Waals surface area contributed by atoms with Gasteiger partial charge in [0.1, 0.15) is 5.82 Å². The molecule has 2 aromatic rings. The van der Waals surface area contributed by atoms with Gasteiger partial charge in [0.2, 0.25) is 5.91 Å². The Labute approximate surface area is 131 Å². The van der Waals surface area contributed by atoms with E-state index in [0.29, 0.717) is 12.2 Å². The van der Waals surface area contributed by atoms with Crippen molar-refractivity contribution in [2.75, 3.05) is 18.9 Å². The summed E-state index contributed by atoms with van der Waals surface area (Å²) in [5.74, 6) is 0.712. The first-order chi connectivity index (χ1) is 9.72. The third-order valence-corrected chi connectivity index (χ3v) is 3.08. The van der Waals surface area contributed by atoms with Crippen LogP contribution in [0.25, 0.3) is 5.69 Å². The number of nitrogens with one attached hydrogen (secondary N) is 2. The molecule has 0 atom stereocenters. The molecule has 2 N–H and O–H groups in total. The highest BCUT2D eigenvalue weighted by molar-refractivity contribution is 5.90. The summed E-state index contributed by atoms with van der Waals surface area (Å²) in [5.41, 5.74) is 2.09. The lowest BCUT2D eigenvalue weighted by molar-refractivity contribution is -0.116. The normalized spacial score (nSPS) is 10.0.